The Morgan fingerprint density at radius 3 is 2.60 bits per heavy atom. The SMILES string of the molecule is Cc1cc(C)n2c(SCC(=O)Nc3cc(Cl)c(Cl)cc3Cl)nnc2n1. The molecular weight excluding hydrogens is 405 g/mol. The van der Waals surface area contributed by atoms with E-state index >= 15 is 0 Å². The van der Waals surface area contributed by atoms with Crippen LogP contribution in [0.1, 0.15) is 11.4 Å². The van der Waals surface area contributed by atoms with Crippen LogP contribution in [0.4, 0.5) is 5.69 Å². The molecule has 2 heterocycles. The van der Waals surface area contributed by atoms with Gasteiger partial charge >= 0.3 is 0 Å². The van der Waals surface area contributed by atoms with Crippen LogP contribution >= 0.6 is 46.6 Å². The fraction of sp³-hybridized carbons (Fsp3) is 0.200. The molecule has 0 aliphatic carbocycles. The third kappa shape index (κ3) is 4.00. The summed E-state index contributed by atoms with van der Waals surface area (Å²) in [6.07, 6.45) is 0. The van der Waals surface area contributed by atoms with Crippen LogP contribution in [0.3, 0.4) is 0 Å². The number of rotatable bonds is 4. The van der Waals surface area contributed by atoms with Gasteiger partial charge in [0.05, 0.1) is 26.5 Å². The summed E-state index contributed by atoms with van der Waals surface area (Å²) < 4.78 is 1.80. The largest absolute Gasteiger partial charge is 0.324 e. The fourth-order valence-electron chi connectivity index (χ4n) is 2.23. The lowest BCUT2D eigenvalue weighted by Crippen LogP contribution is -2.14. The first-order valence-corrected chi connectivity index (χ1v) is 9.23. The molecule has 6 nitrogen and oxygen atoms in total. The molecule has 0 saturated heterocycles. The third-order valence-electron chi connectivity index (χ3n) is 3.28. The lowest BCUT2D eigenvalue weighted by atomic mass is 10.3. The number of anilines is 1. The molecule has 0 radical (unpaired) electrons. The van der Waals surface area contributed by atoms with Crippen molar-refractivity contribution in [3.05, 3.63) is 44.7 Å². The second-order valence-electron chi connectivity index (χ2n) is 5.24. The van der Waals surface area contributed by atoms with Crippen molar-refractivity contribution in [3.63, 3.8) is 0 Å². The van der Waals surface area contributed by atoms with Gasteiger partial charge in [-0.1, -0.05) is 46.6 Å². The molecule has 3 aromatic rings. The summed E-state index contributed by atoms with van der Waals surface area (Å²) in [6.45, 7) is 3.83. The van der Waals surface area contributed by atoms with Crippen LogP contribution in [-0.2, 0) is 4.79 Å². The van der Waals surface area contributed by atoms with Crippen molar-refractivity contribution >= 4 is 63.9 Å². The molecule has 130 valence electrons. The third-order valence-corrected chi connectivity index (χ3v) is 5.24. The van der Waals surface area contributed by atoms with Crippen LogP contribution in [0.5, 0.6) is 0 Å². The van der Waals surface area contributed by atoms with Gasteiger partial charge in [0.15, 0.2) is 5.16 Å². The quantitative estimate of drug-likeness (QED) is 0.503. The molecular formula is C15H12Cl3N5OS. The van der Waals surface area contributed by atoms with Gasteiger partial charge in [0.25, 0.3) is 5.78 Å². The van der Waals surface area contributed by atoms with Crippen molar-refractivity contribution < 1.29 is 4.79 Å². The maximum atomic E-state index is 12.2. The number of carbonyl (C=O) groups excluding carboxylic acids is 1. The topological polar surface area (TPSA) is 72.2 Å². The second-order valence-corrected chi connectivity index (χ2v) is 7.40. The van der Waals surface area contributed by atoms with Gasteiger partial charge in [-0.3, -0.25) is 9.20 Å². The van der Waals surface area contributed by atoms with Gasteiger partial charge < -0.3 is 5.32 Å². The Hall–Kier alpha value is -1.54. The van der Waals surface area contributed by atoms with E-state index in [1.807, 2.05) is 19.9 Å². The van der Waals surface area contributed by atoms with E-state index in [2.05, 4.69) is 20.5 Å². The van der Waals surface area contributed by atoms with E-state index in [9.17, 15) is 4.79 Å². The van der Waals surface area contributed by atoms with Crippen molar-refractivity contribution in [2.24, 2.45) is 0 Å². The fourth-order valence-corrected chi connectivity index (χ4v) is 3.61. The molecule has 25 heavy (non-hydrogen) atoms. The van der Waals surface area contributed by atoms with E-state index in [0.717, 1.165) is 11.4 Å². The normalized spacial score (nSPS) is 11.1. The first kappa shape index (κ1) is 18.3. The van der Waals surface area contributed by atoms with Crippen molar-refractivity contribution in [2.45, 2.75) is 19.0 Å². The van der Waals surface area contributed by atoms with E-state index in [4.69, 9.17) is 34.8 Å². The summed E-state index contributed by atoms with van der Waals surface area (Å²) in [5.74, 6) is 0.387. The predicted molar refractivity (Wildman–Crippen MR) is 101 cm³/mol. The lowest BCUT2D eigenvalue weighted by molar-refractivity contribution is -0.113. The lowest BCUT2D eigenvalue weighted by Gasteiger charge is -2.08. The highest BCUT2D eigenvalue weighted by Crippen LogP contribution is 2.32. The Morgan fingerprint density at radius 2 is 1.84 bits per heavy atom. The average Bonchev–Trinajstić information content (AvgIpc) is 2.93. The van der Waals surface area contributed by atoms with Crippen LogP contribution in [-0.4, -0.2) is 31.2 Å². The Balaban J connectivity index is 1.72. The molecule has 1 amide bonds. The van der Waals surface area contributed by atoms with Crippen LogP contribution in [0.2, 0.25) is 15.1 Å². The molecule has 2 aromatic heterocycles. The van der Waals surface area contributed by atoms with E-state index < -0.39 is 0 Å². The van der Waals surface area contributed by atoms with Gasteiger partial charge in [0.2, 0.25) is 5.91 Å². The Morgan fingerprint density at radius 1 is 1.12 bits per heavy atom. The van der Waals surface area contributed by atoms with Crippen molar-refractivity contribution in [1.29, 1.82) is 0 Å². The van der Waals surface area contributed by atoms with Gasteiger partial charge in [0, 0.05) is 11.4 Å². The number of thioether (sulfide) groups is 1. The van der Waals surface area contributed by atoms with Crippen molar-refractivity contribution in [3.8, 4) is 0 Å². The number of hydrogen-bond donors (Lipinski definition) is 1. The molecule has 0 aliphatic heterocycles. The van der Waals surface area contributed by atoms with Gasteiger partial charge in [-0.05, 0) is 32.0 Å². The minimum absolute atomic E-state index is 0.130. The van der Waals surface area contributed by atoms with E-state index in [1.54, 1.807) is 4.40 Å². The maximum absolute atomic E-state index is 12.2. The van der Waals surface area contributed by atoms with Gasteiger partial charge in [0.1, 0.15) is 0 Å². The Kier molecular flexibility index (Phi) is 5.38. The molecule has 0 aliphatic rings. The Labute approximate surface area is 162 Å². The zero-order valence-corrected chi connectivity index (χ0v) is 16.3. The van der Waals surface area contributed by atoms with Crippen LogP contribution in [0, 0.1) is 13.8 Å². The number of benzene rings is 1. The molecule has 3 rings (SSSR count). The van der Waals surface area contributed by atoms with Gasteiger partial charge in [-0.2, -0.15) is 0 Å². The predicted octanol–water partition coefficient (Wildman–Crippen LogP) is 4.43. The van der Waals surface area contributed by atoms with Crippen molar-refractivity contribution in [1.82, 2.24) is 19.6 Å². The second kappa shape index (κ2) is 7.37. The number of halogens is 3. The zero-order chi connectivity index (χ0) is 18.1. The molecule has 0 fully saturated rings. The summed E-state index contributed by atoms with van der Waals surface area (Å²) >= 11 is 19.1. The van der Waals surface area contributed by atoms with E-state index in [0.29, 0.717) is 31.7 Å². The highest BCUT2D eigenvalue weighted by atomic mass is 35.5. The first-order valence-electron chi connectivity index (χ1n) is 7.11. The smallest absolute Gasteiger partial charge is 0.256 e. The summed E-state index contributed by atoms with van der Waals surface area (Å²) in [4.78, 5) is 16.5. The number of nitrogens with zero attached hydrogens (tertiary/aromatic N) is 4. The minimum Gasteiger partial charge on any atom is -0.324 e. The average molecular weight is 417 g/mol. The van der Waals surface area contributed by atoms with Crippen molar-refractivity contribution in [2.75, 3.05) is 11.1 Å². The monoisotopic (exact) mass is 415 g/mol. The molecule has 0 atom stereocenters. The summed E-state index contributed by atoms with van der Waals surface area (Å²) in [7, 11) is 0. The summed E-state index contributed by atoms with van der Waals surface area (Å²) in [6, 6.07) is 4.92. The first-order chi connectivity index (χ1) is 11.8. The highest BCUT2D eigenvalue weighted by Gasteiger charge is 2.14. The van der Waals surface area contributed by atoms with Crippen LogP contribution < -0.4 is 5.32 Å². The number of aryl methyl sites for hydroxylation is 2. The van der Waals surface area contributed by atoms with Crippen LogP contribution in [0.15, 0.2) is 23.4 Å². The standard InChI is InChI=1S/C15H12Cl3N5OS/c1-7-3-8(2)23-14(19-7)21-22-15(23)25-6-13(24)20-12-5-10(17)9(16)4-11(12)18/h3-5H,6H2,1-2H3,(H,20,24). The summed E-state index contributed by atoms with van der Waals surface area (Å²) in [5, 5.41) is 12.4. The molecule has 0 bridgehead atoms. The number of aromatic nitrogens is 4. The number of nitrogens with one attached hydrogen (secondary N) is 1. The molecule has 10 heteroatoms. The number of amides is 1. The molecule has 1 N–H and O–H groups in total. The zero-order valence-electron chi connectivity index (χ0n) is 13.2. The Bertz CT molecular complexity index is 975. The number of fused-ring (bicyclic) bond motifs is 1. The minimum atomic E-state index is -0.250. The highest BCUT2D eigenvalue weighted by molar-refractivity contribution is 7.99. The summed E-state index contributed by atoms with van der Waals surface area (Å²) in [5.41, 5.74) is 2.21. The molecule has 1 aromatic carbocycles. The molecule has 0 saturated carbocycles. The van der Waals surface area contributed by atoms with Gasteiger partial charge in [-0.25, -0.2) is 4.98 Å². The van der Waals surface area contributed by atoms with E-state index in [-0.39, 0.29) is 11.7 Å². The van der Waals surface area contributed by atoms with Crippen LogP contribution in [0.25, 0.3) is 5.78 Å². The number of hydrogen-bond acceptors (Lipinski definition) is 5. The van der Waals surface area contributed by atoms with E-state index in [1.165, 1.54) is 23.9 Å². The maximum Gasteiger partial charge on any atom is 0.256 e. The molecule has 0 unspecified atom stereocenters. The molecule has 0 spiro atoms. The van der Waals surface area contributed by atoms with Gasteiger partial charge in [-0.15, -0.1) is 10.2 Å². The number of carbonyl (C=O) groups is 1.